The van der Waals surface area contributed by atoms with E-state index >= 15 is 0 Å². The first-order chi connectivity index (χ1) is 20.5. The number of nitrogens with one attached hydrogen (secondary N) is 3. The maximum Gasteiger partial charge on any atom is 0.471 e. The fourth-order valence-electron chi connectivity index (χ4n) is 4.45. The molecule has 3 heterocycles. The number of nitrogens with zero attached hydrogens (tertiary/aromatic N) is 4. The summed E-state index contributed by atoms with van der Waals surface area (Å²) in [5, 5.41) is 19.9. The van der Waals surface area contributed by atoms with Crippen molar-refractivity contribution in [3.05, 3.63) is 41.7 Å². The predicted molar refractivity (Wildman–Crippen MR) is 137 cm³/mol. The van der Waals surface area contributed by atoms with E-state index < -0.39 is 75.7 Å². The standard InChI is InChI=1S/C24H21F8N7O4S/c25-12-4-1-5-13(26)15(12)18-36-16(19(44-18)37-22(42)43)17(40)35-14-9-33-39(10-23(27,28)29)20(14)38-7-2-3-11(6-8-38)34-21(41)24(30,31)32/h1,4-5,9,11,37H,2-3,6-8,10H2,(H,34,41)(H,35,40)(H,42,43)/p-1. The molecule has 1 saturated heterocycles. The van der Waals surface area contributed by atoms with Crippen LogP contribution in [-0.4, -0.2) is 64.2 Å². The largest absolute Gasteiger partial charge is 0.530 e. The molecule has 0 saturated carbocycles. The average molecular weight is 655 g/mol. The van der Waals surface area contributed by atoms with Crippen molar-refractivity contribution in [2.24, 2.45) is 0 Å². The summed E-state index contributed by atoms with van der Waals surface area (Å²) >= 11 is 0.384. The van der Waals surface area contributed by atoms with Crippen molar-refractivity contribution >= 4 is 45.8 Å². The van der Waals surface area contributed by atoms with Crippen molar-refractivity contribution in [2.75, 3.05) is 28.6 Å². The van der Waals surface area contributed by atoms with Gasteiger partial charge in [-0.05, 0) is 31.4 Å². The first kappa shape index (κ1) is 32.4. The summed E-state index contributed by atoms with van der Waals surface area (Å²) in [6.07, 6.45) is -10.9. The van der Waals surface area contributed by atoms with Crippen molar-refractivity contribution in [2.45, 2.75) is 44.2 Å². The molecule has 4 rings (SSSR count). The lowest BCUT2D eigenvalue weighted by Crippen LogP contribution is -2.43. The number of benzene rings is 1. The Bertz CT molecular complexity index is 1540. The number of hydrogen-bond donors (Lipinski definition) is 3. The number of thiazole rings is 1. The number of carbonyl (C=O) groups is 3. The topological polar surface area (TPSA) is 144 Å². The third kappa shape index (κ3) is 7.71. The van der Waals surface area contributed by atoms with E-state index in [0.717, 1.165) is 24.4 Å². The molecule has 238 valence electrons. The highest BCUT2D eigenvalue weighted by atomic mass is 32.1. The smallest absolute Gasteiger partial charge is 0.471 e. The van der Waals surface area contributed by atoms with E-state index in [1.54, 1.807) is 5.32 Å². The summed E-state index contributed by atoms with van der Waals surface area (Å²) in [5.74, 6) is -5.81. The van der Waals surface area contributed by atoms with E-state index in [9.17, 15) is 54.6 Å². The number of amides is 3. The van der Waals surface area contributed by atoms with Crippen LogP contribution in [0.5, 0.6) is 0 Å². The molecule has 3 amide bonds. The Morgan fingerprint density at radius 1 is 1.02 bits per heavy atom. The zero-order valence-corrected chi connectivity index (χ0v) is 22.8. The molecule has 1 aliphatic heterocycles. The number of carboxylic acid groups (broad SMARTS) is 1. The van der Waals surface area contributed by atoms with Gasteiger partial charge in [0.1, 0.15) is 40.0 Å². The van der Waals surface area contributed by atoms with Crippen LogP contribution in [0.3, 0.4) is 0 Å². The normalized spacial score (nSPS) is 15.9. The SMILES string of the molecule is O=C([O-])Nc1sc(-c2c(F)cccc2F)nc1C(=O)Nc1cnn(CC(F)(F)F)c1N1CCCC(NC(=O)C(F)(F)F)CC1. The quantitative estimate of drug-likeness (QED) is 0.328. The van der Waals surface area contributed by atoms with Gasteiger partial charge in [-0.25, -0.2) is 18.4 Å². The summed E-state index contributed by atoms with van der Waals surface area (Å²) in [6, 6.07) is 1.90. The zero-order chi connectivity index (χ0) is 32.4. The van der Waals surface area contributed by atoms with Crippen molar-refractivity contribution in [1.29, 1.82) is 0 Å². The number of alkyl halides is 6. The molecule has 0 bridgehead atoms. The Hall–Kier alpha value is -4.49. The first-order valence-electron chi connectivity index (χ1n) is 12.5. The van der Waals surface area contributed by atoms with Crippen LogP contribution in [-0.2, 0) is 11.3 Å². The minimum Gasteiger partial charge on any atom is -0.530 e. The van der Waals surface area contributed by atoms with E-state index in [1.807, 2.05) is 5.32 Å². The van der Waals surface area contributed by atoms with E-state index in [2.05, 4.69) is 15.4 Å². The second kappa shape index (κ2) is 12.6. The molecule has 0 radical (unpaired) electrons. The van der Waals surface area contributed by atoms with Crippen LogP contribution >= 0.6 is 11.3 Å². The van der Waals surface area contributed by atoms with Gasteiger partial charge in [0.05, 0.1) is 11.8 Å². The van der Waals surface area contributed by atoms with E-state index in [4.69, 9.17) is 0 Å². The van der Waals surface area contributed by atoms with Crippen LogP contribution < -0.4 is 26.0 Å². The molecule has 2 aromatic heterocycles. The Labute approximate surface area is 245 Å². The van der Waals surface area contributed by atoms with Gasteiger partial charge in [-0.2, -0.15) is 31.4 Å². The molecule has 0 spiro atoms. The highest BCUT2D eigenvalue weighted by Crippen LogP contribution is 2.37. The second-order valence-corrected chi connectivity index (χ2v) is 10.4. The Morgan fingerprint density at radius 2 is 1.70 bits per heavy atom. The van der Waals surface area contributed by atoms with E-state index in [0.29, 0.717) is 16.0 Å². The van der Waals surface area contributed by atoms with Crippen LogP contribution in [0, 0.1) is 11.6 Å². The van der Waals surface area contributed by atoms with Gasteiger partial charge in [0, 0.05) is 19.1 Å². The van der Waals surface area contributed by atoms with Crippen LogP contribution in [0.1, 0.15) is 29.8 Å². The molecule has 3 N–H and O–H groups in total. The fraction of sp³-hybridized carbons (Fsp3) is 0.375. The van der Waals surface area contributed by atoms with Gasteiger partial charge in [0.2, 0.25) is 0 Å². The maximum absolute atomic E-state index is 14.4. The van der Waals surface area contributed by atoms with Gasteiger partial charge in [-0.15, -0.1) is 0 Å². The van der Waals surface area contributed by atoms with Gasteiger partial charge in [0.25, 0.3) is 5.91 Å². The Balaban J connectivity index is 1.65. The van der Waals surface area contributed by atoms with Gasteiger partial charge >= 0.3 is 18.3 Å². The fourth-order valence-corrected chi connectivity index (χ4v) is 5.44. The Kier molecular flexibility index (Phi) is 9.30. The van der Waals surface area contributed by atoms with Crippen LogP contribution in [0.2, 0.25) is 0 Å². The zero-order valence-electron chi connectivity index (χ0n) is 22.0. The highest BCUT2D eigenvalue weighted by molar-refractivity contribution is 7.19. The van der Waals surface area contributed by atoms with E-state index in [-0.39, 0.29) is 43.9 Å². The lowest BCUT2D eigenvalue weighted by molar-refractivity contribution is -0.242. The molecular weight excluding hydrogens is 634 g/mol. The lowest BCUT2D eigenvalue weighted by Gasteiger charge is -2.25. The molecule has 3 aromatic rings. The molecule has 20 heteroatoms. The minimum atomic E-state index is -5.13. The predicted octanol–water partition coefficient (Wildman–Crippen LogP) is 3.89. The lowest BCUT2D eigenvalue weighted by atomic mass is 10.1. The molecule has 0 aliphatic carbocycles. The summed E-state index contributed by atoms with van der Waals surface area (Å²) in [5.41, 5.74) is -1.69. The molecule has 44 heavy (non-hydrogen) atoms. The van der Waals surface area contributed by atoms with Crippen LogP contribution in [0.25, 0.3) is 10.6 Å². The number of hydrogen-bond acceptors (Lipinski definition) is 8. The number of carbonyl (C=O) groups excluding carboxylic acids is 3. The molecular formula is C24H20F8N7O4S-. The molecule has 11 nitrogen and oxygen atoms in total. The number of aromatic nitrogens is 3. The van der Waals surface area contributed by atoms with Gasteiger partial charge in [-0.3, -0.25) is 9.59 Å². The average Bonchev–Trinajstić information content (AvgIpc) is 3.39. The molecule has 1 fully saturated rings. The number of rotatable bonds is 7. The van der Waals surface area contributed by atoms with Crippen LogP contribution in [0.15, 0.2) is 24.4 Å². The van der Waals surface area contributed by atoms with Crippen molar-refractivity contribution < 1.29 is 54.6 Å². The number of halogens is 8. The summed E-state index contributed by atoms with van der Waals surface area (Å²) in [7, 11) is 0. The van der Waals surface area contributed by atoms with Crippen molar-refractivity contribution in [1.82, 2.24) is 20.1 Å². The van der Waals surface area contributed by atoms with Gasteiger partial charge in [0.15, 0.2) is 11.5 Å². The summed E-state index contributed by atoms with van der Waals surface area (Å²) in [4.78, 5) is 41.0. The van der Waals surface area contributed by atoms with Crippen molar-refractivity contribution in [3.63, 3.8) is 0 Å². The van der Waals surface area contributed by atoms with Crippen molar-refractivity contribution in [3.8, 4) is 10.6 Å². The van der Waals surface area contributed by atoms with Gasteiger partial charge in [-0.1, -0.05) is 17.4 Å². The third-order valence-corrected chi connectivity index (χ3v) is 7.23. The second-order valence-electron chi connectivity index (χ2n) is 9.40. The Morgan fingerprint density at radius 3 is 2.32 bits per heavy atom. The summed E-state index contributed by atoms with van der Waals surface area (Å²) < 4.78 is 107. The molecule has 1 aromatic carbocycles. The molecule has 1 atom stereocenters. The summed E-state index contributed by atoms with van der Waals surface area (Å²) in [6.45, 7) is -1.77. The first-order valence-corrected chi connectivity index (χ1v) is 13.3. The number of anilines is 3. The monoisotopic (exact) mass is 654 g/mol. The van der Waals surface area contributed by atoms with Gasteiger partial charge < -0.3 is 30.8 Å². The maximum atomic E-state index is 14.4. The molecule has 1 aliphatic rings. The van der Waals surface area contributed by atoms with Crippen LogP contribution in [0.4, 0.5) is 56.4 Å². The highest BCUT2D eigenvalue weighted by Gasteiger charge is 2.40. The van der Waals surface area contributed by atoms with E-state index in [1.165, 1.54) is 4.90 Å². The third-order valence-electron chi connectivity index (χ3n) is 6.24. The minimum absolute atomic E-state index is 0.00426. The molecule has 1 unspecified atom stereocenters.